The van der Waals surface area contributed by atoms with Gasteiger partial charge in [-0.2, -0.15) is 4.98 Å². The SMILES string of the molecule is Cc1cc(Nc2ccc(C)c(Cl)c2)nc(NC2CCS(=O)(=O)C2)n1. The van der Waals surface area contributed by atoms with E-state index in [1.54, 1.807) is 0 Å². The molecule has 6 nitrogen and oxygen atoms in total. The van der Waals surface area contributed by atoms with Crippen molar-refractivity contribution < 1.29 is 8.42 Å². The van der Waals surface area contributed by atoms with Gasteiger partial charge in [-0.3, -0.25) is 0 Å². The molecule has 1 fully saturated rings. The smallest absolute Gasteiger partial charge is 0.225 e. The zero-order chi connectivity index (χ0) is 17.3. The van der Waals surface area contributed by atoms with E-state index in [0.29, 0.717) is 23.2 Å². The summed E-state index contributed by atoms with van der Waals surface area (Å²) in [5.74, 6) is 1.40. The first-order valence-corrected chi connectivity index (χ1v) is 9.86. The van der Waals surface area contributed by atoms with Gasteiger partial charge in [0.1, 0.15) is 5.82 Å². The van der Waals surface area contributed by atoms with Gasteiger partial charge in [0, 0.05) is 28.5 Å². The number of benzene rings is 1. The van der Waals surface area contributed by atoms with Gasteiger partial charge in [0.25, 0.3) is 0 Å². The average Bonchev–Trinajstić information content (AvgIpc) is 2.81. The van der Waals surface area contributed by atoms with Gasteiger partial charge in [-0.25, -0.2) is 13.4 Å². The minimum atomic E-state index is -2.94. The minimum absolute atomic E-state index is 0.126. The summed E-state index contributed by atoms with van der Waals surface area (Å²) in [4.78, 5) is 8.76. The molecule has 128 valence electrons. The molecule has 0 radical (unpaired) electrons. The fourth-order valence-corrected chi connectivity index (χ4v) is 4.46. The van der Waals surface area contributed by atoms with Gasteiger partial charge in [-0.05, 0) is 38.0 Å². The Morgan fingerprint density at radius 1 is 1.21 bits per heavy atom. The van der Waals surface area contributed by atoms with E-state index in [1.807, 2.05) is 38.1 Å². The Labute approximate surface area is 146 Å². The van der Waals surface area contributed by atoms with Crippen molar-refractivity contribution in [3.05, 3.63) is 40.5 Å². The van der Waals surface area contributed by atoms with Crippen LogP contribution in [0.2, 0.25) is 5.02 Å². The van der Waals surface area contributed by atoms with E-state index in [-0.39, 0.29) is 17.5 Å². The molecule has 2 N–H and O–H groups in total. The van der Waals surface area contributed by atoms with Crippen LogP contribution in [0.15, 0.2) is 24.3 Å². The number of anilines is 3. The van der Waals surface area contributed by atoms with Crippen molar-refractivity contribution in [2.75, 3.05) is 22.1 Å². The largest absolute Gasteiger partial charge is 0.350 e. The first-order chi connectivity index (χ1) is 11.3. The Kier molecular flexibility index (Phi) is 4.64. The number of nitrogens with zero attached hydrogens (tertiary/aromatic N) is 2. The van der Waals surface area contributed by atoms with Crippen molar-refractivity contribution >= 4 is 38.9 Å². The molecule has 8 heteroatoms. The van der Waals surface area contributed by atoms with Crippen LogP contribution < -0.4 is 10.6 Å². The Hall–Kier alpha value is -1.86. The molecule has 0 aliphatic carbocycles. The third-order valence-corrected chi connectivity index (χ3v) is 6.04. The van der Waals surface area contributed by atoms with Gasteiger partial charge in [0.05, 0.1) is 11.5 Å². The number of hydrogen-bond donors (Lipinski definition) is 2. The maximum Gasteiger partial charge on any atom is 0.225 e. The zero-order valence-electron chi connectivity index (χ0n) is 13.5. The number of nitrogens with one attached hydrogen (secondary N) is 2. The van der Waals surface area contributed by atoms with Crippen molar-refractivity contribution in [1.82, 2.24) is 9.97 Å². The highest BCUT2D eigenvalue weighted by atomic mass is 35.5. The van der Waals surface area contributed by atoms with E-state index < -0.39 is 9.84 Å². The predicted octanol–water partition coefficient (Wildman–Crippen LogP) is 3.09. The van der Waals surface area contributed by atoms with Gasteiger partial charge >= 0.3 is 0 Å². The molecular formula is C16H19ClN4O2S. The maximum absolute atomic E-state index is 11.6. The van der Waals surface area contributed by atoms with Crippen LogP contribution in [0, 0.1) is 13.8 Å². The highest BCUT2D eigenvalue weighted by Gasteiger charge is 2.28. The highest BCUT2D eigenvalue weighted by Crippen LogP contribution is 2.23. The Morgan fingerprint density at radius 3 is 2.67 bits per heavy atom. The van der Waals surface area contributed by atoms with Gasteiger partial charge in [0.15, 0.2) is 9.84 Å². The fourth-order valence-electron chi connectivity index (χ4n) is 2.61. The van der Waals surface area contributed by atoms with Crippen LogP contribution >= 0.6 is 11.6 Å². The molecule has 0 amide bonds. The molecule has 1 aromatic carbocycles. The predicted molar refractivity (Wildman–Crippen MR) is 96.9 cm³/mol. The summed E-state index contributed by atoms with van der Waals surface area (Å²) >= 11 is 6.14. The molecule has 1 saturated heterocycles. The second kappa shape index (κ2) is 6.57. The second-order valence-electron chi connectivity index (χ2n) is 6.05. The summed E-state index contributed by atoms with van der Waals surface area (Å²) in [7, 11) is -2.94. The molecule has 1 unspecified atom stereocenters. The molecule has 1 aliphatic rings. The molecule has 1 aromatic heterocycles. The lowest BCUT2D eigenvalue weighted by Gasteiger charge is -2.13. The van der Waals surface area contributed by atoms with Crippen LogP contribution in [0.25, 0.3) is 0 Å². The normalized spacial score (nSPS) is 19.2. The lowest BCUT2D eigenvalue weighted by Crippen LogP contribution is -2.22. The molecule has 2 heterocycles. The minimum Gasteiger partial charge on any atom is -0.350 e. The summed E-state index contributed by atoms with van der Waals surface area (Å²) in [6, 6.07) is 7.38. The van der Waals surface area contributed by atoms with Gasteiger partial charge in [0.2, 0.25) is 5.95 Å². The quantitative estimate of drug-likeness (QED) is 0.865. The standard InChI is InChI=1S/C16H19ClN4O2S/c1-10-3-4-12(8-14(10)17)19-15-7-11(2)18-16(21-15)20-13-5-6-24(22,23)9-13/h3-4,7-8,13H,5-6,9H2,1-2H3,(H2,18,19,20,21). The number of aromatic nitrogens is 2. The Bertz CT molecular complexity index is 870. The van der Waals surface area contributed by atoms with Crippen molar-refractivity contribution in [2.24, 2.45) is 0 Å². The number of halogens is 1. The first kappa shape index (κ1) is 17.0. The van der Waals surface area contributed by atoms with E-state index in [0.717, 1.165) is 16.9 Å². The van der Waals surface area contributed by atoms with Crippen LogP contribution in [0.5, 0.6) is 0 Å². The summed E-state index contributed by atoms with van der Waals surface area (Å²) in [6.07, 6.45) is 0.579. The molecule has 0 spiro atoms. The van der Waals surface area contributed by atoms with Crippen LogP contribution in [-0.4, -0.2) is 35.9 Å². The van der Waals surface area contributed by atoms with Crippen LogP contribution in [0.1, 0.15) is 17.7 Å². The van der Waals surface area contributed by atoms with Gasteiger partial charge < -0.3 is 10.6 Å². The molecule has 3 rings (SSSR count). The van der Waals surface area contributed by atoms with E-state index in [2.05, 4.69) is 20.6 Å². The highest BCUT2D eigenvalue weighted by molar-refractivity contribution is 7.91. The summed E-state index contributed by atoms with van der Waals surface area (Å²) in [5.41, 5.74) is 2.62. The monoisotopic (exact) mass is 366 g/mol. The molecular weight excluding hydrogens is 348 g/mol. The summed E-state index contributed by atoms with van der Waals surface area (Å²) in [6.45, 7) is 3.81. The van der Waals surface area contributed by atoms with Crippen molar-refractivity contribution in [3.8, 4) is 0 Å². The van der Waals surface area contributed by atoms with Crippen LogP contribution in [-0.2, 0) is 9.84 Å². The van der Waals surface area contributed by atoms with Gasteiger partial charge in [-0.15, -0.1) is 0 Å². The van der Waals surface area contributed by atoms with Crippen LogP contribution in [0.3, 0.4) is 0 Å². The second-order valence-corrected chi connectivity index (χ2v) is 8.69. The fraction of sp³-hybridized carbons (Fsp3) is 0.375. The number of sulfone groups is 1. The average molecular weight is 367 g/mol. The molecule has 0 saturated carbocycles. The maximum atomic E-state index is 11.6. The summed E-state index contributed by atoms with van der Waals surface area (Å²) in [5, 5.41) is 7.00. The molecule has 1 atom stereocenters. The number of aryl methyl sites for hydroxylation is 2. The van der Waals surface area contributed by atoms with Crippen molar-refractivity contribution in [1.29, 1.82) is 0 Å². The Morgan fingerprint density at radius 2 is 2.00 bits per heavy atom. The van der Waals surface area contributed by atoms with E-state index in [4.69, 9.17) is 11.6 Å². The van der Waals surface area contributed by atoms with E-state index >= 15 is 0 Å². The molecule has 0 bridgehead atoms. The Balaban J connectivity index is 1.77. The third kappa shape index (κ3) is 4.15. The lowest BCUT2D eigenvalue weighted by molar-refractivity contribution is 0.602. The third-order valence-electron chi connectivity index (χ3n) is 3.86. The van der Waals surface area contributed by atoms with Crippen molar-refractivity contribution in [2.45, 2.75) is 26.3 Å². The first-order valence-electron chi connectivity index (χ1n) is 7.66. The zero-order valence-corrected chi connectivity index (χ0v) is 15.1. The van der Waals surface area contributed by atoms with Crippen LogP contribution in [0.4, 0.5) is 17.5 Å². The number of rotatable bonds is 4. The lowest BCUT2D eigenvalue weighted by atomic mass is 10.2. The topological polar surface area (TPSA) is 84.0 Å². The van der Waals surface area contributed by atoms with Gasteiger partial charge in [-0.1, -0.05) is 17.7 Å². The molecule has 2 aromatic rings. The van der Waals surface area contributed by atoms with Crippen molar-refractivity contribution in [3.63, 3.8) is 0 Å². The number of hydrogen-bond acceptors (Lipinski definition) is 6. The molecule has 24 heavy (non-hydrogen) atoms. The molecule has 1 aliphatic heterocycles. The van der Waals surface area contributed by atoms with E-state index in [9.17, 15) is 8.42 Å². The van der Waals surface area contributed by atoms with E-state index in [1.165, 1.54) is 0 Å². The summed E-state index contributed by atoms with van der Waals surface area (Å²) < 4.78 is 23.1.